The SMILES string of the molecule is COCCOc1ncccc1OCC1CNCCC1c1ccccc1. The van der Waals surface area contributed by atoms with Crippen molar-refractivity contribution < 1.29 is 14.2 Å². The maximum atomic E-state index is 6.09. The van der Waals surface area contributed by atoms with Crippen molar-refractivity contribution in [1.82, 2.24) is 10.3 Å². The lowest BCUT2D eigenvalue weighted by atomic mass is 9.81. The standard InChI is InChI=1S/C20H26N2O3/c1-23-12-13-24-20-19(8-5-10-22-20)25-15-17-14-21-11-9-18(17)16-6-3-2-4-7-16/h2-8,10,17-18,21H,9,11-15H2,1H3. The molecule has 5 heteroatoms. The second-order valence-electron chi connectivity index (χ2n) is 6.23. The number of hydrogen-bond donors (Lipinski definition) is 1. The summed E-state index contributed by atoms with van der Waals surface area (Å²) in [6.07, 6.45) is 2.84. The molecule has 0 amide bonds. The number of benzene rings is 1. The number of ether oxygens (including phenoxy) is 3. The van der Waals surface area contributed by atoms with Crippen molar-refractivity contribution in [2.75, 3.05) is 40.0 Å². The number of nitrogens with zero attached hydrogens (tertiary/aromatic N) is 1. The minimum atomic E-state index is 0.420. The van der Waals surface area contributed by atoms with E-state index >= 15 is 0 Å². The van der Waals surface area contributed by atoms with Crippen LogP contribution in [0.25, 0.3) is 0 Å². The molecule has 1 N–H and O–H groups in total. The lowest BCUT2D eigenvalue weighted by Crippen LogP contribution is -2.38. The van der Waals surface area contributed by atoms with Gasteiger partial charge in [-0.1, -0.05) is 30.3 Å². The van der Waals surface area contributed by atoms with Crippen molar-refractivity contribution in [3.8, 4) is 11.6 Å². The van der Waals surface area contributed by atoms with Crippen LogP contribution in [0.15, 0.2) is 48.7 Å². The van der Waals surface area contributed by atoms with Gasteiger partial charge in [0, 0.05) is 25.8 Å². The molecule has 0 bridgehead atoms. The highest BCUT2D eigenvalue weighted by molar-refractivity contribution is 5.32. The van der Waals surface area contributed by atoms with Gasteiger partial charge in [0.05, 0.1) is 13.2 Å². The highest BCUT2D eigenvalue weighted by Gasteiger charge is 2.27. The van der Waals surface area contributed by atoms with Crippen LogP contribution in [0, 0.1) is 5.92 Å². The minimum Gasteiger partial charge on any atom is -0.488 e. The topological polar surface area (TPSA) is 52.6 Å². The number of nitrogens with one attached hydrogen (secondary N) is 1. The molecule has 0 saturated carbocycles. The summed E-state index contributed by atoms with van der Waals surface area (Å²) in [6, 6.07) is 14.5. The maximum absolute atomic E-state index is 6.09. The molecule has 1 saturated heterocycles. The van der Waals surface area contributed by atoms with Crippen molar-refractivity contribution in [1.29, 1.82) is 0 Å². The van der Waals surface area contributed by atoms with Gasteiger partial charge in [-0.2, -0.15) is 0 Å². The molecule has 2 heterocycles. The normalized spacial score (nSPS) is 20.2. The Morgan fingerprint density at radius 3 is 2.80 bits per heavy atom. The van der Waals surface area contributed by atoms with E-state index in [2.05, 4.69) is 40.6 Å². The summed E-state index contributed by atoms with van der Waals surface area (Å²) in [5.74, 6) is 2.15. The highest BCUT2D eigenvalue weighted by Crippen LogP contribution is 2.32. The molecule has 1 aliphatic heterocycles. The molecule has 0 spiro atoms. The van der Waals surface area contributed by atoms with Crippen molar-refractivity contribution in [2.24, 2.45) is 5.92 Å². The molecule has 2 unspecified atom stereocenters. The molecule has 5 nitrogen and oxygen atoms in total. The Bertz CT molecular complexity index is 636. The summed E-state index contributed by atoms with van der Waals surface area (Å²) in [5.41, 5.74) is 1.39. The van der Waals surface area contributed by atoms with Crippen LogP contribution in [0.1, 0.15) is 17.9 Å². The van der Waals surface area contributed by atoms with E-state index in [1.54, 1.807) is 13.3 Å². The molecule has 1 fully saturated rings. The molecule has 3 rings (SSSR count). The zero-order valence-corrected chi connectivity index (χ0v) is 14.7. The monoisotopic (exact) mass is 342 g/mol. The quantitative estimate of drug-likeness (QED) is 0.748. The van der Waals surface area contributed by atoms with Crippen molar-refractivity contribution in [3.05, 3.63) is 54.2 Å². The number of rotatable bonds is 8. The molecule has 1 aromatic carbocycles. The van der Waals surface area contributed by atoms with Crippen LogP contribution in [0.2, 0.25) is 0 Å². The van der Waals surface area contributed by atoms with Gasteiger partial charge in [-0.05, 0) is 36.6 Å². The van der Waals surface area contributed by atoms with E-state index in [1.807, 2.05) is 12.1 Å². The predicted molar refractivity (Wildman–Crippen MR) is 97.3 cm³/mol. The molecule has 0 aliphatic carbocycles. The summed E-state index contributed by atoms with van der Waals surface area (Å²) in [4.78, 5) is 4.27. The molecular weight excluding hydrogens is 316 g/mol. The van der Waals surface area contributed by atoms with Crippen molar-refractivity contribution in [3.63, 3.8) is 0 Å². The fraction of sp³-hybridized carbons (Fsp3) is 0.450. The molecule has 25 heavy (non-hydrogen) atoms. The van der Waals surface area contributed by atoms with Crippen LogP contribution in [0.4, 0.5) is 0 Å². The predicted octanol–water partition coefficient (Wildman–Crippen LogP) is 2.88. The first-order valence-electron chi connectivity index (χ1n) is 8.83. The number of piperidine rings is 1. The molecule has 134 valence electrons. The second kappa shape index (κ2) is 9.39. The van der Waals surface area contributed by atoms with Gasteiger partial charge in [-0.15, -0.1) is 0 Å². The van der Waals surface area contributed by atoms with Crippen LogP contribution in [-0.4, -0.2) is 45.0 Å². The third-order valence-corrected chi connectivity index (χ3v) is 4.55. The molecule has 1 aromatic heterocycles. The smallest absolute Gasteiger partial charge is 0.257 e. The average molecular weight is 342 g/mol. The third-order valence-electron chi connectivity index (χ3n) is 4.55. The van der Waals surface area contributed by atoms with Gasteiger partial charge >= 0.3 is 0 Å². The first-order chi connectivity index (χ1) is 12.4. The second-order valence-corrected chi connectivity index (χ2v) is 6.23. The molecular formula is C20H26N2O3. The van der Waals surface area contributed by atoms with Crippen LogP contribution in [-0.2, 0) is 4.74 Å². The van der Waals surface area contributed by atoms with Gasteiger partial charge in [0.15, 0.2) is 5.75 Å². The fourth-order valence-electron chi connectivity index (χ4n) is 3.25. The third kappa shape index (κ3) is 4.94. The van der Waals surface area contributed by atoms with Crippen LogP contribution >= 0.6 is 0 Å². The van der Waals surface area contributed by atoms with Crippen LogP contribution in [0.3, 0.4) is 0 Å². The van der Waals surface area contributed by atoms with E-state index in [1.165, 1.54) is 5.56 Å². The lowest BCUT2D eigenvalue weighted by Gasteiger charge is -2.32. The molecule has 2 aromatic rings. The summed E-state index contributed by atoms with van der Waals surface area (Å²) < 4.78 is 16.8. The summed E-state index contributed by atoms with van der Waals surface area (Å²) >= 11 is 0. The van der Waals surface area contributed by atoms with Gasteiger partial charge in [-0.3, -0.25) is 0 Å². The van der Waals surface area contributed by atoms with Gasteiger partial charge in [0.25, 0.3) is 5.88 Å². The van der Waals surface area contributed by atoms with Crippen LogP contribution < -0.4 is 14.8 Å². The van der Waals surface area contributed by atoms with Gasteiger partial charge in [-0.25, -0.2) is 4.98 Å². The summed E-state index contributed by atoms with van der Waals surface area (Å²) in [6.45, 7) is 3.63. The number of pyridine rings is 1. The molecule has 0 radical (unpaired) electrons. The van der Waals surface area contributed by atoms with Gasteiger partial charge in [0.1, 0.15) is 6.61 Å². The van der Waals surface area contributed by atoms with Crippen LogP contribution in [0.5, 0.6) is 11.6 Å². The van der Waals surface area contributed by atoms with Crippen molar-refractivity contribution >= 4 is 0 Å². The Hall–Kier alpha value is -2.11. The van der Waals surface area contributed by atoms with E-state index in [9.17, 15) is 0 Å². The molecule has 2 atom stereocenters. The Morgan fingerprint density at radius 1 is 1.08 bits per heavy atom. The van der Waals surface area contributed by atoms with E-state index in [0.717, 1.165) is 19.5 Å². The first kappa shape index (κ1) is 17.7. The minimum absolute atomic E-state index is 0.420. The largest absolute Gasteiger partial charge is 0.488 e. The van der Waals surface area contributed by atoms with Gasteiger partial charge < -0.3 is 19.5 Å². The number of methoxy groups -OCH3 is 1. The van der Waals surface area contributed by atoms with E-state index in [0.29, 0.717) is 43.3 Å². The summed E-state index contributed by atoms with van der Waals surface area (Å²) in [7, 11) is 1.65. The summed E-state index contributed by atoms with van der Waals surface area (Å²) in [5, 5.41) is 3.48. The number of hydrogen-bond acceptors (Lipinski definition) is 5. The Morgan fingerprint density at radius 2 is 1.96 bits per heavy atom. The Balaban J connectivity index is 1.63. The zero-order valence-electron chi connectivity index (χ0n) is 14.7. The van der Waals surface area contributed by atoms with E-state index in [4.69, 9.17) is 14.2 Å². The first-order valence-corrected chi connectivity index (χ1v) is 8.83. The fourth-order valence-corrected chi connectivity index (χ4v) is 3.25. The lowest BCUT2D eigenvalue weighted by molar-refractivity contribution is 0.137. The highest BCUT2D eigenvalue weighted by atomic mass is 16.5. The maximum Gasteiger partial charge on any atom is 0.257 e. The van der Waals surface area contributed by atoms with E-state index in [-0.39, 0.29) is 0 Å². The van der Waals surface area contributed by atoms with Crippen molar-refractivity contribution in [2.45, 2.75) is 12.3 Å². The Labute approximate surface area is 149 Å². The van der Waals surface area contributed by atoms with Gasteiger partial charge in [0.2, 0.25) is 0 Å². The Kier molecular flexibility index (Phi) is 6.65. The zero-order chi connectivity index (χ0) is 17.3. The van der Waals surface area contributed by atoms with E-state index < -0.39 is 0 Å². The average Bonchev–Trinajstić information content (AvgIpc) is 2.68. The molecule has 1 aliphatic rings. The number of aromatic nitrogens is 1.